The maximum Gasteiger partial charge on any atom is 0.264 e. The van der Waals surface area contributed by atoms with Gasteiger partial charge in [0.15, 0.2) is 0 Å². The molecule has 1 unspecified atom stereocenters. The minimum Gasteiger partial charge on any atom is -0.334 e. The van der Waals surface area contributed by atoms with Gasteiger partial charge in [0.05, 0.1) is 5.69 Å². The second-order valence-electron chi connectivity index (χ2n) is 3.40. The minimum atomic E-state index is -0.424. The molecule has 0 aliphatic heterocycles. The van der Waals surface area contributed by atoms with Crippen LogP contribution in [-0.4, -0.2) is 19.7 Å². The summed E-state index contributed by atoms with van der Waals surface area (Å²) in [5, 5.41) is 6.25. The third-order valence-electron chi connectivity index (χ3n) is 2.39. The van der Waals surface area contributed by atoms with Crippen molar-refractivity contribution in [2.24, 2.45) is 5.73 Å². The van der Waals surface area contributed by atoms with E-state index < -0.39 is 6.04 Å². The van der Waals surface area contributed by atoms with Gasteiger partial charge in [0.25, 0.3) is 5.56 Å². The largest absolute Gasteiger partial charge is 0.334 e. The number of aryl methyl sites for hydroxylation is 1. The summed E-state index contributed by atoms with van der Waals surface area (Å²) in [6, 6.07) is 2.59. The topological polar surface area (TPSA) is 89.6 Å². The summed E-state index contributed by atoms with van der Waals surface area (Å²) in [5.41, 5.74) is 6.38. The lowest BCUT2D eigenvalue weighted by atomic mass is 10.2. The average molecular weight is 219 g/mol. The van der Waals surface area contributed by atoms with Crippen LogP contribution in [0.5, 0.6) is 0 Å². The number of hydrogen-bond acceptors (Lipinski definition) is 4. The summed E-state index contributed by atoms with van der Waals surface area (Å²) < 4.78 is 1.94. The van der Waals surface area contributed by atoms with Crippen LogP contribution in [0.1, 0.15) is 24.5 Å². The molecule has 2 aromatic heterocycles. The zero-order valence-corrected chi connectivity index (χ0v) is 8.92. The first-order chi connectivity index (χ1) is 7.72. The minimum absolute atomic E-state index is 0.241. The van der Waals surface area contributed by atoms with Gasteiger partial charge in [0, 0.05) is 25.0 Å². The van der Waals surface area contributed by atoms with Crippen molar-refractivity contribution in [1.29, 1.82) is 0 Å². The standard InChI is InChI=1S/C10H13N5O/c1-2-15-6-5-12-10(15)9(11)7-3-4-8(16)14-13-7/h3-6,9H,2,11H2,1H3,(H,14,16). The second-order valence-corrected chi connectivity index (χ2v) is 3.40. The van der Waals surface area contributed by atoms with Gasteiger partial charge in [0.2, 0.25) is 0 Å². The Bertz CT molecular complexity index is 510. The van der Waals surface area contributed by atoms with E-state index in [1.165, 1.54) is 6.07 Å². The molecule has 6 nitrogen and oxygen atoms in total. The van der Waals surface area contributed by atoms with Crippen molar-refractivity contribution in [3.63, 3.8) is 0 Å². The van der Waals surface area contributed by atoms with Gasteiger partial charge in [-0.25, -0.2) is 10.1 Å². The van der Waals surface area contributed by atoms with Crippen LogP contribution in [0.3, 0.4) is 0 Å². The van der Waals surface area contributed by atoms with Crippen LogP contribution in [0.15, 0.2) is 29.3 Å². The fourth-order valence-corrected chi connectivity index (χ4v) is 1.53. The summed E-state index contributed by atoms with van der Waals surface area (Å²) in [5.74, 6) is 0.738. The number of nitrogens with two attached hydrogens (primary N) is 1. The molecular weight excluding hydrogens is 206 g/mol. The third-order valence-corrected chi connectivity index (χ3v) is 2.39. The van der Waals surface area contributed by atoms with Gasteiger partial charge in [0.1, 0.15) is 11.9 Å². The van der Waals surface area contributed by atoms with E-state index in [9.17, 15) is 4.79 Å². The van der Waals surface area contributed by atoms with Crippen molar-refractivity contribution in [3.8, 4) is 0 Å². The molecular formula is C10H13N5O. The maximum absolute atomic E-state index is 10.9. The lowest BCUT2D eigenvalue weighted by Crippen LogP contribution is -2.20. The Kier molecular flexibility index (Phi) is 2.82. The Balaban J connectivity index is 2.35. The zero-order valence-electron chi connectivity index (χ0n) is 8.92. The Hall–Kier alpha value is -1.95. The lowest BCUT2D eigenvalue weighted by Gasteiger charge is -2.11. The quantitative estimate of drug-likeness (QED) is 0.762. The fourth-order valence-electron chi connectivity index (χ4n) is 1.53. The monoisotopic (exact) mass is 219 g/mol. The molecule has 2 heterocycles. The number of H-pyrrole nitrogens is 1. The molecule has 2 aromatic rings. The Morgan fingerprint density at radius 3 is 3.00 bits per heavy atom. The van der Waals surface area contributed by atoms with E-state index in [2.05, 4.69) is 15.2 Å². The molecule has 0 aliphatic rings. The van der Waals surface area contributed by atoms with Crippen LogP contribution < -0.4 is 11.3 Å². The average Bonchev–Trinajstić information content (AvgIpc) is 2.77. The van der Waals surface area contributed by atoms with Crippen molar-refractivity contribution in [2.45, 2.75) is 19.5 Å². The first-order valence-electron chi connectivity index (χ1n) is 5.04. The molecule has 84 valence electrons. The molecule has 0 bridgehead atoms. The number of imidazole rings is 1. The second kappa shape index (κ2) is 4.28. The molecule has 2 rings (SSSR count). The van der Waals surface area contributed by atoms with E-state index in [1.54, 1.807) is 12.3 Å². The van der Waals surface area contributed by atoms with Crippen molar-refractivity contribution in [1.82, 2.24) is 19.7 Å². The fraction of sp³-hybridized carbons (Fsp3) is 0.300. The van der Waals surface area contributed by atoms with E-state index in [-0.39, 0.29) is 5.56 Å². The summed E-state index contributed by atoms with van der Waals surface area (Å²) in [6.07, 6.45) is 3.56. The highest BCUT2D eigenvalue weighted by Crippen LogP contribution is 2.14. The zero-order chi connectivity index (χ0) is 11.5. The van der Waals surface area contributed by atoms with Gasteiger partial charge in [-0.05, 0) is 13.0 Å². The van der Waals surface area contributed by atoms with Gasteiger partial charge in [-0.3, -0.25) is 4.79 Å². The highest BCUT2D eigenvalue weighted by molar-refractivity contribution is 5.15. The Morgan fingerprint density at radius 1 is 1.56 bits per heavy atom. The first-order valence-corrected chi connectivity index (χ1v) is 5.04. The van der Waals surface area contributed by atoms with E-state index >= 15 is 0 Å². The molecule has 0 radical (unpaired) electrons. The predicted molar refractivity (Wildman–Crippen MR) is 58.8 cm³/mol. The van der Waals surface area contributed by atoms with E-state index in [1.807, 2.05) is 17.7 Å². The first kappa shape index (κ1) is 10.6. The SMILES string of the molecule is CCn1ccnc1C(N)c1ccc(=O)[nH]n1. The molecule has 0 aromatic carbocycles. The highest BCUT2D eigenvalue weighted by Gasteiger charge is 2.15. The van der Waals surface area contributed by atoms with Gasteiger partial charge in [-0.15, -0.1) is 0 Å². The van der Waals surface area contributed by atoms with Crippen LogP contribution in [0.2, 0.25) is 0 Å². The number of nitrogens with one attached hydrogen (secondary N) is 1. The third kappa shape index (κ3) is 1.87. The maximum atomic E-state index is 10.9. The number of aromatic nitrogens is 4. The lowest BCUT2D eigenvalue weighted by molar-refractivity contribution is 0.640. The van der Waals surface area contributed by atoms with Gasteiger partial charge >= 0.3 is 0 Å². The summed E-state index contributed by atoms with van der Waals surface area (Å²) >= 11 is 0. The molecule has 0 aliphatic carbocycles. The van der Waals surface area contributed by atoms with Crippen molar-refractivity contribution < 1.29 is 0 Å². The number of rotatable bonds is 3. The highest BCUT2D eigenvalue weighted by atomic mass is 16.1. The van der Waals surface area contributed by atoms with Gasteiger partial charge in [-0.1, -0.05) is 0 Å². The van der Waals surface area contributed by atoms with Gasteiger partial charge in [-0.2, -0.15) is 5.10 Å². The van der Waals surface area contributed by atoms with E-state index in [0.29, 0.717) is 5.69 Å². The van der Waals surface area contributed by atoms with E-state index in [4.69, 9.17) is 5.73 Å². The van der Waals surface area contributed by atoms with Crippen LogP contribution in [0, 0.1) is 0 Å². The predicted octanol–water partition coefficient (Wildman–Crippen LogP) is 0.0344. The molecule has 6 heteroatoms. The Morgan fingerprint density at radius 2 is 2.38 bits per heavy atom. The molecule has 0 amide bonds. The van der Waals surface area contributed by atoms with Crippen molar-refractivity contribution in [3.05, 3.63) is 46.4 Å². The number of hydrogen-bond donors (Lipinski definition) is 2. The van der Waals surface area contributed by atoms with Crippen molar-refractivity contribution in [2.75, 3.05) is 0 Å². The summed E-state index contributed by atoms with van der Waals surface area (Å²) in [6.45, 7) is 2.81. The summed E-state index contributed by atoms with van der Waals surface area (Å²) in [4.78, 5) is 15.1. The molecule has 3 N–H and O–H groups in total. The van der Waals surface area contributed by atoms with Gasteiger partial charge < -0.3 is 10.3 Å². The molecule has 16 heavy (non-hydrogen) atoms. The number of nitrogens with zero attached hydrogens (tertiary/aromatic N) is 3. The normalized spacial score (nSPS) is 12.6. The van der Waals surface area contributed by atoms with Crippen LogP contribution in [0.4, 0.5) is 0 Å². The molecule has 0 spiro atoms. The molecule has 0 saturated heterocycles. The smallest absolute Gasteiger partial charge is 0.264 e. The van der Waals surface area contributed by atoms with Crippen LogP contribution >= 0.6 is 0 Å². The van der Waals surface area contributed by atoms with Crippen LogP contribution in [-0.2, 0) is 6.54 Å². The molecule has 0 saturated carbocycles. The molecule has 0 fully saturated rings. The molecule has 1 atom stereocenters. The van der Waals surface area contributed by atoms with Crippen LogP contribution in [0.25, 0.3) is 0 Å². The van der Waals surface area contributed by atoms with E-state index in [0.717, 1.165) is 12.4 Å². The number of aromatic amines is 1. The Labute approximate surface area is 92.1 Å². The summed E-state index contributed by atoms with van der Waals surface area (Å²) in [7, 11) is 0. The van der Waals surface area contributed by atoms with Crippen molar-refractivity contribution >= 4 is 0 Å².